The van der Waals surface area contributed by atoms with Gasteiger partial charge in [-0.25, -0.2) is 4.39 Å². The standard InChI is InChI=1S/C28H27F4N5O2/c1-27(2,28(30,31)32)24-14-25(36-39-24)35-26(38)13-18-7-6-17(12-22(18)29)19-8-9-21(33-15-19)11-20-16-34-37-10-4-3-5-23(20)37/h6-9,12,14-16H,3-5,10-11,13H2,1-2H3,(H,35,36,38). The Morgan fingerprint density at radius 1 is 1.05 bits per heavy atom. The zero-order valence-corrected chi connectivity index (χ0v) is 21.5. The summed E-state index contributed by atoms with van der Waals surface area (Å²) in [5, 5.41) is 10.3. The molecule has 1 N–H and O–H groups in total. The Bertz CT molecular complexity index is 1490. The number of alkyl halides is 3. The third kappa shape index (κ3) is 5.57. The number of hydrogen-bond donors (Lipinski definition) is 1. The fourth-order valence-corrected chi connectivity index (χ4v) is 4.53. The highest BCUT2D eigenvalue weighted by molar-refractivity contribution is 5.91. The lowest BCUT2D eigenvalue weighted by Gasteiger charge is -2.24. The average molecular weight is 542 g/mol. The minimum absolute atomic E-state index is 0.131. The number of nitrogens with zero attached hydrogens (tertiary/aromatic N) is 4. The number of benzene rings is 1. The van der Waals surface area contributed by atoms with Gasteiger partial charge in [0, 0.05) is 42.2 Å². The molecule has 0 aliphatic carbocycles. The second-order valence-electron chi connectivity index (χ2n) is 10.2. The first-order chi connectivity index (χ1) is 18.5. The van der Waals surface area contributed by atoms with Crippen molar-refractivity contribution in [1.82, 2.24) is 19.9 Å². The van der Waals surface area contributed by atoms with Gasteiger partial charge in [0.2, 0.25) is 5.91 Å². The van der Waals surface area contributed by atoms with Gasteiger partial charge in [-0.2, -0.15) is 18.3 Å². The van der Waals surface area contributed by atoms with E-state index in [9.17, 15) is 22.4 Å². The average Bonchev–Trinajstić information content (AvgIpc) is 3.53. The molecule has 0 saturated heterocycles. The van der Waals surface area contributed by atoms with Crippen LogP contribution in [0.2, 0.25) is 0 Å². The number of carbonyl (C=O) groups is 1. The Morgan fingerprint density at radius 2 is 1.85 bits per heavy atom. The van der Waals surface area contributed by atoms with Gasteiger partial charge in [0.1, 0.15) is 11.2 Å². The molecule has 0 atom stereocenters. The van der Waals surface area contributed by atoms with Crippen LogP contribution in [0.3, 0.4) is 0 Å². The monoisotopic (exact) mass is 541 g/mol. The lowest BCUT2D eigenvalue weighted by molar-refractivity contribution is -0.185. The minimum Gasteiger partial charge on any atom is -0.358 e. The fraction of sp³-hybridized carbons (Fsp3) is 0.357. The maximum Gasteiger partial charge on any atom is 0.401 e. The topological polar surface area (TPSA) is 85.8 Å². The summed E-state index contributed by atoms with van der Waals surface area (Å²) < 4.78 is 61.3. The lowest BCUT2D eigenvalue weighted by Crippen LogP contribution is -2.35. The Morgan fingerprint density at radius 3 is 2.56 bits per heavy atom. The number of carbonyl (C=O) groups excluding carboxylic acids is 1. The van der Waals surface area contributed by atoms with Crippen LogP contribution in [0.25, 0.3) is 11.1 Å². The molecule has 11 heteroatoms. The van der Waals surface area contributed by atoms with Crippen molar-refractivity contribution in [2.75, 3.05) is 5.32 Å². The number of fused-ring (bicyclic) bond motifs is 1. The highest BCUT2D eigenvalue weighted by Gasteiger charge is 2.51. The van der Waals surface area contributed by atoms with E-state index in [1.54, 1.807) is 12.3 Å². The molecule has 7 nitrogen and oxygen atoms in total. The van der Waals surface area contributed by atoms with Gasteiger partial charge in [0.15, 0.2) is 11.6 Å². The number of amides is 1. The number of aromatic nitrogens is 4. The molecule has 0 bridgehead atoms. The van der Waals surface area contributed by atoms with Crippen LogP contribution in [0, 0.1) is 5.82 Å². The van der Waals surface area contributed by atoms with Crippen molar-refractivity contribution in [2.45, 2.75) is 64.1 Å². The van der Waals surface area contributed by atoms with Crippen LogP contribution in [0.15, 0.2) is 53.3 Å². The summed E-state index contributed by atoms with van der Waals surface area (Å²) in [5.41, 5.74) is 2.52. The molecular weight excluding hydrogens is 514 g/mol. The quantitative estimate of drug-likeness (QED) is 0.289. The Kier molecular flexibility index (Phi) is 7.00. The van der Waals surface area contributed by atoms with E-state index in [0.717, 1.165) is 57.0 Å². The number of aryl methyl sites for hydroxylation is 1. The molecule has 1 aliphatic heterocycles. The third-order valence-electron chi connectivity index (χ3n) is 7.10. The van der Waals surface area contributed by atoms with E-state index in [-0.39, 0.29) is 17.8 Å². The van der Waals surface area contributed by atoms with Crippen molar-refractivity contribution in [1.29, 1.82) is 0 Å². The van der Waals surface area contributed by atoms with E-state index in [0.29, 0.717) is 12.0 Å². The normalized spacial score (nSPS) is 13.8. The number of rotatable bonds is 7. The number of anilines is 1. The summed E-state index contributed by atoms with van der Waals surface area (Å²) in [5.74, 6) is -1.84. The van der Waals surface area contributed by atoms with Crippen molar-refractivity contribution < 1.29 is 26.9 Å². The van der Waals surface area contributed by atoms with Gasteiger partial charge in [-0.05, 0) is 61.9 Å². The predicted octanol–water partition coefficient (Wildman–Crippen LogP) is 6.02. The first-order valence-electron chi connectivity index (χ1n) is 12.6. The first kappa shape index (κ1) is 26.6. The summed E-state index contributed by atoms with van der Waals surface area (Å²) >= 11 is 0. The van der Waals surface area contributed by atoms with Gasteiger partial charge in [-0.15, -0.1) is 0 Å². The van der Waals surface area contributed by atoms with Crippen molar-refractivity contribution in [3.8, 4) is 11.1 Å². The molecule has 0 saturated carbocycles. The molecule has 1 aliphatic rings. The summed E-state index contributed by atoms with van der Waals surface area (Å²) in [7, 11) is 0. The van der Waals surface area contributed by atoms with E-state index in [1.807, 2.05) is 18.3 Å². The Hall–Kier alpha value is -4.02. The molecule has 5 rings (SSSR count). The number of hydrogen-bond acceptors (Lipinski definition) is 5. The van der Waals surface area contributed by atoms with Gasteiger partial charge in [0.25, 0.3) is 0 Å². The molecule has 204 valence electrons. The van der Waals surface area contributed by atoms with Crippen molar-refractivity contribution >= 4 is 11.7 Å². The molecule has 3 aromatic heterocycles. The lowest BCUT2D eigenvalue weighted by atomic mass is 9.89. The third-order valence-corrected chi connectivity index (χ3v) is 7.10. The van der Waals surface area contributed by atoms with Crippen molar-refractivity contribution in [3.63, 3.8) is 0 Å². The highest BCUT2D eigenvalue weighted by Crippen LogP contribution is 2.41. The summed E-state index contributed by atoms with van der Waals surface area (Å²) in [6, 6.07) is 9.32. The van der Waals surface area contributed by atoms with E-state index in [2.05, 4.69) is 25.2 Å². The largest absolute Gasteiger partial charge is 0.401 e. The smallest absolute Gasteiger partial charge is 0.358 e. The van der Waals surface area contributed by atoms with E-state index >= 15 is 0 Å². The maximum atomic E-state index is 14.8. The number of nitrogens with one attached hydrogen (secondary N) is 1. The van der Waals surface area contributed by atoms with Crippen LogP contribution in [-0.4, -0.2) is 32.0 Å². The van der Waals surface area contributed by atoms with Gasteiger partial charge in [-0.3, -0.25) is 14.5 Å². The van der Waals surface area contributed by atoms with Crippen LogP contribution in [0.5, 0.6) is 0 Å². The predicted molar refractivity (Wildman–Crippen MR) is 136 cm³/mol. The molecule has 4 aromatic rings. The van der Waals surface area contributed by atoms with Crippen molar-refractivity contribution in [2.24, 2.45) is 0 Å². The van der Waals surface area contributed by atoms with Crippen LogP contribution in [0.1, 0.15) is 55.0 Å². The molecule has 0 spiro atoms. The van der Waals surface area contributed by atoms with Gasteiger partial charge >= 0.3 is 6.18 Å². The molecular formula is C28H27F4N5O2. The van der Waals surface area contributed by atoms with E-state index in [4.69, 9.17) is 4.52 Å². The maximum absolute atomic E-state index is 14.8. The number of halogens is 4. The van der Waals surface area contributed by atoms with Gasteiger partial charge < -0.3 is 9.84 Å². The highest BCUT2D eigenvalue weighted by atomic mass is 19.4. The van der Waals surface area contributed by atoms with E-state index in [1.165, 1.54) is 23.4 Å². The van der Waals surface area contributed by atoms with Crippen molar-refractivity contribution in [3.05, 3.63) is 82.9 Å². The molecule has 39 heavy (non-hydrogen) atoms. The SMILES string of the molecule is CC(C)(c1cc(NC(=O)Cc2ccc(-c3ccc(Cc4cnn5c4CCCC5)nc3)cc2F)no1)C(F)(F)F. The van der Waals surface area contributed by atoms with Gasteiger partial charge in [0.05, 0.1) is 12.6 Å². The molecule has 1 aromatic carbocycles. The molecule has 0 radical (unpaired) electrons. The fourth-order valence-electron chi connectivity index (χ4n) is 4.53. The van der Waals surface area contributed by atoms with E-state index < -0.39 is 29.1 Å². The van der Waals surface area contributed by atoms with Crippen LogP contribution >= 0.6 is 0 Å². The summed E-state index contributed by atoms with van der Waals surface area (Å²) in [6.45, 7) is 2.85. The zero-order valence-electron chi connectivity index (χ0n) is 21.5. The number of pyridine rings is 1. The Balaban J connectivity index is 1.22. The van der Waals surface area contributed by atoms with Crippen LogP contribution < -0.4 is 5.32 Å². The van der Waals surface area contributed by atoms with Crippen LogP contribution in [-0.2, 0) is 36.0 Å². The summed E-state index contributed by atoms with van der Waals surface area (Å²) in [4.78, 5) is 17.0. The van der Waals surface area contributed by atoms with Crippen LogP contribution in [0.4, 0.5) is 23.4 Å². The molecule has 0 fully saturated rings. The molecule has 1 amide bonds. The molecule has 4 heterocycles. The second-order valence-corrected chi connectivity index (χ2v) is 10.2. The Labute approximate surface area is 222 Å². The molecule has 0 unspecified atom stereocenters. The second kappa shape index (κ2) is 10.3. The van der Waals surface area contributed by atoms with Gasteiger partial charge in [-0.1, -0.05) is 23.4 Å². The minimum atomic E-state index is -4.56. The zero-order chi connectivity index (χ0) is 27.8. The summed E-state index contributed by atoms with van der Waals surface area (Å²) in [6.07, 6.45) is 2.72. The first-order valence-corrected chi connectivity index (χ1v) is 12.6.